The Morgan fingerprint density at radius 3 is 2.70 bits per heavy atom. The zero-order valence-electron chi connectivity index (χ0n) is 13.0. The first-order chi connectivity index (χ1) is 9.40. The second-order valence-electron chi connectivity index (χ2n) is 5.24. The van der Waals surface area contributed by atoms with Gasteiger partial charge in [0.05, 0.1) is 13.1 Å². The lowest BCUT2D eigenvalue weighted by atomic mass is 10.3. The summed E-state index contributed by atoms with van der Waals surface area (Å²) in [5.41, 5.74) is 0.922. The van der Waals surface area contributed by atoms with Gasteiger partial charge in [-0.15, -0.1) is 0 Å². The predicted octanol–water partition coefficient (Wildman–Crippen LogP) is 1.17. The van der Waals surface area contributed by atoms with Crippen LogP contribution in [-0.2, 0) is 11.3 Å². The number of hydrogen-bond donors (Lipinski definition) is 2. The van der Waals surface area contributed by atoms with Crippen molar-refractivity contribution in [3.05, 3.63) is 17.6 Å². The van der Waals surface area contributed by atoms with E-state index in [9.17, 15) is 4.79 Å². The maximum atomic E-state index is 11.7. The minimum atomic E-state index is 0.0158. The Morgan fingerprint density at radius 2 is 2.10 bits per heavy atom. The molecule has 0 aliphatic rings. The van der Waals surface area contributed by atoms with E-state index in [1.807, 2.05) is 45.7 Å². The van der Waals surface area contributed by atoms with Crippen molar-refractivity contribution in [2.75, 3.05) is 25.5 Å². The van der Waals surface area contributed by atoms with Crippen LogP contribution in [0.5, 0.6) is 0 Å². The van der Waals surface area contributed by atoms with Gasteiger partial charge in [0.25, 0.3) is 0 Å². The van der Waals surface area contributed by atoms with Crippen molar-refractivity contribution in [1.82, 2.24) is 20.2 Å². The number of carbonyl (C=O) groups is 1. The number of amides is 1. The minimum Gasteiger partial charge on any atom is -0.370 e. The largest absolute Gasteiger partial charge is 0.370 e. The van der Waals surface area contributed by atoms with Gasteiger partial charge in [0.1, 0.15) is 11.6 Å². The van der Waals surface area contributed by atoms with E-state index in [4.69, 9.17) is 0 Å². The molecule has 6 nitrogen and oxygen atoms in total. The number of aryl methyl sites for hydroxylation is 1. The van der Waals surface area contributed by atoms with E-state index >= 15 is 0 Å². The third kappa shape index (κ3) is 5.97. The van der Waals surface area contributed by atoms with Gasteiger partial charge >= 0.3 is 0 Å². The normalized spacial score (nSPS) is 10.9. The topological polar surface area (TPSA) is 70.2 Å². The van der Waals surface area contributed by atoms with Crippen LogP contribution in [0.4, 0.5) is 5.82 Å². The maximum absolute atomic E-state index is 11.7. The van der Waals surface area contributed by atoms with Crippen molar-refractivity contribution in [2.24, 2.45) is 0 Å². The fraction of sp³-hybridized carbons (Fsp3) is 0.643. The Kier molecular flexibility index (Phi) is 6.38. The molecule has 0 aliphatic carbocycles. The van der Waals surface area contributed by atoms with Gasteiger partial charge < -0.3 is 10.6 Å². The van der Waals surface area contributed by atoms with Gasteiger partial charge in [-0.1, -0.05) is 0 Å². The van der Waals surface area contributed by atoms with Crippen molar-refractivity contribution < 1.29 is 4.79 Å². The SMILES string of the molecule is CCNc1cc(C)nc(CN(C)CC(=O)NC(C)C)n1. The summed E-state index contributed by atoms with van der Waals surface area (Å²) in [6.07, 6.45) is 0. The molecule has 1 rings (SSSR count). The predicted molar refractivity (Wildman–Crippen MR) is 80.5 cm³/mol. The molecular weight excluding hydrogens is 254 g/mol. The first-order valence-corrected chi connectivity index (χ1v) is 6.97. The first-order valence-electron chi connectivity index (χ1n) is 6.97. The summed E-state index contributed by atoms with van der Waals surface area (Å²) in [7, 11) is 1.89. The Hall–Kier alpha value is -1.69. The number of rotatable bonds is 7. The standard InChI is InChI=1S/C14H25N5O/c1-6-15-12-7-11(4)17-13(18-12)8-19(5)9-14(20)16-10(2)3/h7,10H,6,8-9H2,1-5H3,(H,16,20)(H,15,17,18). The van der Waals surface area contributed by atoms with E-state index in [1.54, 1.807) is 0 Å². The number of nitrogens with one attached hydrogen (secondary N) is 2. The van der Waals surface area contributed by atoms with Gasteiger partial charge in [-0.2, -0.15) is 0 Å². The van der Waals surface area contributed by atoms with Gasteiger partial charge in [-0.3, -0.25) is 9.69 Å². The second-order valence-corrected chi connectivity index (χ2v) is 5.24. The average Bonchev–Trinajstić information content (AvgIpc) is 2.26. The van der Waals surface area contributed by atoms with Crippen LogP contribution in [0.15, 0.2) is 6.07 Å². The molecule has 1 amide bonds. The molecule has 1 heterocycles. The van der Waals surface area contributed by atoms with Gasteiger partial charge in [0, 0.05) is 24.3 Å². The number of anilines is 1. The van der Waals surface area contributed by atoms with Crippen LogP contribution >= 0.6 is 0 Å². The Morgan fingerprint density at radius 1 is 1.40 bits per heavy atom. The molecule has 2 N–H and O–H groups in total. The Labute approximate surface area is 121 Å². The highest BCUT2D eigenvalue weighted by atomic mass is 16.2. The molecule has 0 aliphatic heterocycles. The second kappa shape index (κ2) is 7.79. The maximum Gasteiger partial charge on any atom is 0.234 e. The monoisotopic (exact) mass is 279 g/mol. The summed E-state index contributed by atoms with van der Waals surface area (Å²) >= 11 is 0. The average molecular weight is 279 g/mol. The van der Waals surface area contributed by atoms with Crippen LogP contribution < -0.4 is 10.6 Å². The number of carbonyl (C=O) groups excluding carboxylic acids is 1. The van der Waals surface area contributed by atoms with Crippen molar-refractivity contribution in [3.63, 3.8) is 0 Å². The lowest BCUT2D eigenvalue weighted by molar-refractivity contribution is -0.122. The Bertz CT molecular complexity index is 447. The van der Waals surface area contributed by atoms with Crippen molar-refractivity contribution in [1.29, 1.82) is 0 Å². The lowest BCUT2D eigenvalue weighted by Crippen LogP contribution is -2.38. The van der Waals surface area contributed by atoms with E-state index in [0.29, 0.717) is 13.1 Å². The quantitative estimate of drug-likeness (QED) is 0.784. The highest BCUT2D eigenvalue weighted by Gasteiger charge is 2.10. The van der Waals surface area contributed by atoms with Crippen LogP contribution in [0.1, 0.15) is 32.3 Å². The number of hydrogen-bond acceptors (Lipinski definition) is 5. The van der Waals surface area contributed by atoms with Gasteiger partial charge in [-0.25, -0.2) is 9.97 Å². The van der Waals surface area contributed by atoms with Crippen molar-refractivity contribution in [2.45, 2.75) is 40.3 Å². The van der Waals surface area contributed by atoms with E-state index in [0.717, 1.165) is 23.9 Å². The van der Waals surface area contributed by atoms with Crippen molar-refractivity contribution in [3.8, 4) is 0 Å². The molecule has 112 valence electrons. The summed E-state index contributed by atoms with van der Waals surface area (Å²) < 4.78 is 0. The molecule has 0 spiro atoms. The number of aromatic nitrogens is 2. The summed E-state index contributed by atoms with van der Waals surface area (Å²) in [5.74, 6) is 1.57. The molecule has 0 atom stereocenters. The minimum absolute atomic E-state index is 0.0158. The smallest absolute Gasteiger partial charge is 0.234 e. The summed E-state index contributed by atoms with van der Waals surface area (Å²) in [5, 5.41) is 6.05. The molecular formula is C14H25N5O. The molecule has 1 aromatic rings. The van der Waals surface area contributed by atoms with Crippen LogP contribution in [0, 0.1) is 6.92 Å². The van der Waals surface area contributed by atoms with E-state index < -0.39 is 0 Å². The third-order valence-electron chi connectivity index (χ3n) is 2.53. The van der Waals surface area contributed by atoms with Gasteiger partial charge in [0.15, 0.2) is 0 Å². The van der Waals surface area contributed by atoms with Gasteiger partial charge in [0.2, 0.25) is 5.91 Å². The van der Waals surface area contributed by atoms with E-state index in [-0.39, 0.29) is 11.9 Å². The Balaban J connectivity index is 2.61. The van der Waals surface area contributed by atoms with E-state index in [2.05, 4.69) is 20.6 Å². The van der Waals surface area contributed by atoms with Crippen LogP contribution in [0.25, 0.3) is 0 Å². The molecule has 0 radical (unpaired) electrons. The number of likely N-dealkylation sites (N-methyl/N-ethyl adjacent to an activating group) is 1. The molecule has 0 unspecified atom stereocenters. The fourth-order valence-corrected chi connectivity index (χ4v) is 1.88. The third-order valence-corrected chi connectivity index (χ3v) is 2.53. The molecule has 1 aromatic heterocycles. The molecule has 6 heteroatoms. The first kappa shape index (κ1) is 16.4. The highest BCUT2D eigenvalue weighted by molar-refractivity contribution is 5.78. The number of nitrogens with zero attached hydrogens (tertiary/aromatic N) is 3. The van der Waals surface area contributed by atoms with Crippen LogP contribution in [0.3, 0.4) is 0 Å². The zero-order chi connectivity index (χ0) is 15.1. The lowest BCUT2D eigenvalue weighted by Gasteiger charge is -2.17. The zero-order valence-corrected chi connectivity index (χ0v) is 13.0. The summed E-state index contributed by atoms with van der Waals surface area (Å²) in [4.78, 5) is 22.4. The van der Waals surface area contributed by atoms with Crippen LogP contribution in [-0.4, -0.2) is 47.0 Å². The fourth-order valence-electron chi connectivity index (χ4n) is 1.88. The van der Waals surface area contributed by atoms with Crippen molar-refractivity contribution >= 4 is 11.7 Å². The molecule has 0 saturated carbocycles. The van der Waals surface area contributed by atoms with E-state index in [1.165, 1.54) is 0 Å². The summed E-state index contributed by atoms with van der Waals surface area (Å²) in [6.45, 7) is 9.58. The summed E-state index contributed by atoms with van der Waals surface area (Å²) in [6, 6.07) is 2.07. The molecule has 0 bridgehead atoms. The molecule has 0 saturated heterocycles. The van der Waals surface area contributed by atoms with Crippen LogP contribution in [0.2, 0.25) is 0 Å². The molecule has 0 fully saturated rings. The van der Waals surface area contributed by atoms with Gasteiger partial charge in [-0.05, 0) is 34.7 Å². The molecule has 0 aromatic carbocycles. The molecule has 20 heavy (non-hydrogen) atoms. The highest BCUT2D eigenvalue weighted by Crippen LogP contribution is 2.07.